The summed E-state index contributed by atoms with van der Waals surface area (Å²) >= 11 is 3.62. The predicted molar refractivity (Wildman–Crippen MR) is 145 cm³/mol. The number of imidazole rings is 1. The molecular weight excluding hydrogens is 546 g/mol. The number of sulfonamides is 1. The normalized spacial score (nSPS) is 19.9. The molecule has 36 heavy (non-hydrogen) atoms. The average molecular weight is 581 g/mol. The molecule has 2 aliphatic heterocycles. The fourth-order valence-corrected chi connectivity index (χ4v) is 6.71. The Morgan fingerprint density at radius 1 is 1.22 bits per heavy atom. The zero-order chi connectivity index (χ0) is 25.4. The predicted octanol–water partition coefficient (Wildman–Crippen LogP) is 2.97. The van der Waals surface area contributed by atoms with Gasteiger partial charge < -0.3 is 19.6 Å². The maximum atomic E-state index is 12.3. The van der Waals surface area contributed by atoms with Crippen molar-refractivity contribution in [3.8, 4) is 11.4 Å². The van der Waals surface area contributed by atoms with Crippen LogP contribution in [0.4, 0.5) is 5.69 Å². The summed E-state index contributed by atoms with van der Waals surface area (Å²) in [6.45, 7) is 12.4. The lowest BCUT2D eigenvalue weighted by Gasteiger charge is -2.27. The van der Waals surface area contributed by atoms with Crippen LogP contribution in [-0.4, -0.2) is 94.9 Å². The van der Waals surface area contributed by atoms with Crippen LogP contribution in [0.25, 0.3) is 22.6 Å². The smallest absolute Gasteiger partial charge is 0.213 e. The number of nitrogens with one attached hydrogen (secondary N) is 2. The maximum absolute atomic E-state index is 12.3. The Morgan fingerprint density at radius 2 is 2.00 bits per heavy atom. The van der Waals surface area contributed by atoms with Crippen molar-refractivity contribution in [1.82, 2.24) is 28.7 Å². The molecule has 2 saturated heterocycles. The highest BCUT2D eigenvalue weighted by molar-refractivity contribution is 9.10. The van der Waals surface area contributed by atoms with Crippen LogP contribution in [0.5, 0.6) is 0 Å². The number of hydrogen-bond acceptors (Lipinski definition) is 7. The summed E-state index contributed by atoms with van der Waals surface area (Å²) in [6, 6.07) is 2.20. The molecule has 2 aliphatic rings. The minimum Gasteiger partial charge on any atom is -0.379 e. The first kappa shape index (κ1) is 25.7. The molecule has 0 aliphatic carbocycles. The Labute approximate surface area is 220 Å². The fourth-order valence-electron chi connectivity index (χ4n) is 5.14. The number of hydrogen-bond donors (Lipinski definition) is 2. The van der Waals surface area contributed by atoms with Crippen molar-refractivity contribution in [3.05, 3.63) is 28.1 Å². The van der Waals surface area contributed by atoms with Crippen molar-refractivity contribution in [2.45, 2.75) is 39.8 Å². The number of morpholine rings is 1. The van der Waals surface area contributed by atoms with Crippen molar-refractivity contribution >= 4 is 42.8 Å². The van der Waals surface area contributed by atoms with Gasteiger partial charge in [0.2, 0.25) is 10.0 Å². The number of aromatic amines is 1. The Kier molecular flexibility index (Phi) is 7.42. The molecule has 3 aromatic heterocycles. The van der Waals surface area contributed by atoms with E-state index < -0.39 is 10.0 Å². The van der Waals surface area contributed by atoms with Crippen LogP contribution in [0.15, 0.2) is 16.7 Å². The minimum absolute atomic E-state index is 0.0187. The molecule has 5 rings (SSSR count). The van der Waals surface area contributed by atoms with Crippen LogP contribution >= 0.6 is 15.9 Å². The third kappa shape index (κ3) is 5.06. The second-order valence-corrected chi connectivity index (χ2v) is 12.7. The van der Waals surface area contributed by atoms with E-state index in [2.05, 4.69) is 60.6 Å². The summed E-state index contributed by atoms with van der Waals surface area (Å²) in [5, 5.41) is 3.55. The van der Waals surface area contributed by atoms with Gasteiger partial charge in [0.25, 0.3) is 0 Å². The van der Waals surface area contributed by atoms with Gasteiger partial charge in [-0.1, -0.05) is 0 Å². The summed E-state index contributed by atoms with van der Waals surface area (Å²) in [7, 11) is -3.19. The lowest BCUT2D eigenvalue weighted by Crippen LogP contribution is -2.38. The highest BCUT2D eigenvalue weighted by atomic mass is 79.9. The summed E-state index contributed by atoms with van der Waals surface area (Å²) in [5.41, 5.74) is 5.74. The molecule has 10 nitrogen and oxygen atoms in total. The molecule has 2 fully saturated rings. The summed E-state index contributed by atoms with van der Waals surface area (Å²) in [5.74, 6) is 0.906. The van der Waals surface area contributed by atoms with Gasteiger partial charge in [-0.25, -0.2) is 18.4 Å². The number of rotatable bonds is 8. The molecule has 0 aromatic carbocycles. The van der Waals surface area contributed by atoms with E-state index in [9.17, 15) is 8.42 Å². The van der Waals surface area contributed by atoms with Crippen molar-refractivity contribution in [3.63, 3.8) is 0 Å². The molecule has 0 bridgehead atoms. The van der Waals surface area contributed by atoms with Crippen LogP contribution in [0, 0.1) is 13.8 Å². The SMILES string of the molecule is CCS(=O)(=O)N1CC[C@H](Nc2c(Br)cnc3nc(-c4cc(C)n(CCN5CCOCC5)c4C)[nH]c23)C1. The van der Waals surface area contributed by atoms with Gasteiger partial charge >= 0.3 is 0 Å². The molecule has 12 heteroatoms. The van der Waals surface area contributed by atoms with Gasteiger partial charge in [0.1, 0.15) is 11.3 Å². The van der Waals surface area contributed by atoms with Gasteiger partial charge in [0.05, 0.1) is 29.1 Å². The standard InChI is InChI=1S/C24H34BrN7O3S/c1-4-36(33,34)31-6-5-18(15-31)27-21-20(25)14-26-24-22(21)28-23(29-24)19-13-16(2)32(17(19)3)8-7-30-9-11-35-12-10-30/h13-14,18H,4-12,15H2,1-3H3,(H2,26,27,28,29)/t18-/m0/s1. The quantitative estimate of drug-likeness (QED) is 0.422. The van der Waals surface area contributed by atoms with Crippen molar-refractivity contribution in [1.29, 1.82) is 0 Å². The molecule has 2 N–H and O–H groups in total. The third-order valence-electron chi connectivity index (χ3n) is 7.30. The number of pyridine rings is 1. The molecule has 5 heterocycles. The van der Waals surface area contributed by atoms with E-state index in [4.69, 9.17) is 9.72 Å². The summed E-state index contributed by atoms with van der Waals surface area (Å²) in [6.07, 6.45) is 2.50. The Morgan fingerprint density at radius 3 is 2.75 bits per heavy atom. The van der Waals surface area contributed by atoms with E-state index in [1.54, 1.807) is 17.4 Å². The minimum atomic E-state index is -3.19. The Bertz CT molecular complexity index is 1350. The van der Waals surface area contributed by atoms with E-state index in [1.165, 1.54) is 11.4 Å². The topological polar surface area (TPSA) is 108 Å². The van der Waals surface area contributed by atoms with Crippen LogP contribution < -0.4 is 5.32 Å². The molecule has 3 aromatic rings. The second-order valence-electron chi connectivity index (χ2n) is 9.54. The Balaban J connectivity index is 1.38. The summed E-state index contributed by atoms with van der Waals surface area (Å²) < 4.78 is 34.8. The molecule has 0 saturated carbocycles. The monoisotopic (exact) mass is 579 g/mol. The molecule has 0 amide bonds. The van der Waals surface area contributed by atoms with Crippen molar-refractivity contribution in [2.75, 3.05) is 57.0 Å². The van der Waals surface area contributed by atoms with Gasteiger partial charge in [-0.05, 0) is 49.2 Å². The van der Waals surface area contributed by atoms with Crippen LogP contribution in [0.2, 0.25) is 0 Å². The van der Waals surface area contributed by atoms with Crippen LogP contribution in [0.1, 0.15) is 24.7 Å². The highest BCUT2D eigenvalue weighted by Crippen LogP contribution is 2.34. The third-order valence-corrected chi connectivity index (χ3v) is 9.75. The first-order valence-corrected chi connectivity index (χ1v) is 14.9. The van der Waals surface area contributed by atoms with Gasteiger partial charge in [-0.15, -0.1) is 0 Å². The van der Waals surface area contributed by atoms with Crippen molar-refractivity contribution in [2.24, 2.45) is 0 Å². The van der Waals surface area contributed by atoms with Gasteiger partial charge in [0.15, 0.2) is 5.65 Å². The van der Waals surface area contributed by atoms with E-state index in [0.717, 1.165) is 72.9 Å². The first-order valence-electron chi connectivity index (χ1n) is 12.5. The van der Waals surface area contributed by atoms with Crippen LogP contribution in [-0.2, 0) is 21.3 Å². The number of halogens is 1. The van der Waals surface area contributed by atoms with E-state index in [-0.39, 0.29) is 11.8 Å². The molecular formula is C24H34BrN7O3S. The molecule has 196 valence electrons. The van der Waals surface area contributed by atoms with Crippen LogP contribution in [0.3, 0.4) is 0 Å². The molecule has 0 spiro atoms. The maximum Gasteiger partial charge on any atom is 0.213 e. The molecule has 0 radical (unpaired) electrons. The Hall–Kier alpha value is -1.99. The number of nitrogens with zero attached hydrogens (tertiary/aromatic N) is 5. The lowest BCUT2D eigenvalue weighted by atomic mass is 10.2. The van der Waals surface area contributed by atoms with E-state index in [1.807, 2.05) is 0 Å². The first-order chi connectivity index (χ1) is 17.3. The van der Waals surface area contributed by atoms with Gasteiger partial charge in [-0.2, -0.15) is 4.31 Å². The van der Waals surface area contributed by atoms with Gasteiger partial charge in [-0.3, -0.25) is 4.90 Å². The number of H-pyrrole nitrogens is 1. The van der Waals surface area contributed by atoms with E-state index >= 15 is 0 Å². The second kappa shape index (κ2) is 10.4. The lowest BCUT2D eigenvalue weighted by molar-refractivity contribution is 0.0363. The zero-order valence-corrected chi connectivity index (χ0v) is 23.5. The molecule has 1 atom stereocenters. The number of aryl methyl sites for hydroxylation is 1. The highest BCUT2D eigenvalue weighted by Gasteiger charge is 2.31. The largest absolute Gasteiger partial charge is 0.379 e. The average Bonchev–Trinajstić information content (AvgIpc) is 3.58. The number of anilines is 1. The zero-order valence-electron chi connectivity index (χ0n) is 21.1. The van der Waals surface area contributed by atoms with Gasteiger partial charge in [0, 0.05) is 68.5 Å². The van der Waals surface area contributed by atoms with Crippen molar-refractivity contribution < 1.29 is 13.2 Å². The fraction of sp³-hybridized carbons (Fsp3) is 0.583. The summed E-state index contributed by atoms with van der Waals surface area (Å²) in [4.78, 5) is 15.3. The number of ether oxygens (including phenoxy) is 1. The number of fused-ring (bicyclic) bond motifs is 1. The van der Waals surface area contributed by atoms with E-state index in [0.29, 0.717) is 18.7 Å². The molecule has 0 unspecified atom stereocenters. The number of aromatic nitrogens is 4.